The average Bonchev–Trinajstić information content (AvgIpc) is 3.06. The second kappa shape index (κ2) is 6.43. The van der Waals surface area contributed by atoms with Crippen LogP contribution in [0.25, 0.3) is 5.57 Å². The lowest BCUT2D eigenvalue weighted by atomic mass is 9.77. The molecule has 2 aliphatic rings. The number of hydrogen-bond acceptors (Lipinski definition) is 4. The van der Waals surface area contributed by atoms with Crippen molar-refractivity contribution in [2.75, 3.05) is 18.4 Å². The quantitative estimate of drug-likeness (QED) is 0.851. The third-order valence-electron chi connectivity index (χ3n) is 5.43. The third-order valence-corrected chi connectivity index (χ3v) is 5.43. The van der Waals surface area contributed by atoms with E-state index in [0.717, 1.165) is 46.5 Å². The summed E-state index contributed by atoms with van der Waals surface area (Å²) in [5.41, 5.74) is 6.38. The predicted molar refractivity (Wildman–Crippen MR) is 113 cm³/mol. The normalized spacial score (nSPS) is 17.5. The average molecular weight is 377 g/mol. The van der Waals surface area contributed by atoms with E-state index in [1.54, 1.807) is 0 Å². The molecule has 1 aromatic carbocycles. The SMILES string of the molecule is CC(C)(C)CNc1ncc2c(n1)CC=C2c1ccc2c(c1)C(C)(C)CNC2=O. The van der Waals surface area contributed by atoms with Crippen molar-refractivity contribution in [1.29, 1.82) is 0 Å². The molecule has 146 valence electrons. The molecule has 0 saturated heterocycles. The summed E-state index contributed by atoms with van der Waals surface area (Å²) >= 11 is 0. The summed E-state index contributed by atoms with van der Waals surface area (Å²) < 4.78 is 0. The van der Waals surface area contributed by atoms with Gasteiger partial charge in [-0.05, 0) is 34.2 Å². The van der Waals surface area contributed by atoms with Gasteiger partial charge in [0.1, 0.15) is 0 Å². The van der Waals surface area contributed by atoms with Crippen molar-refractivity contribution in [1.82, 2.24) is 15.3 Å². The summed E-state index contributed by atoms with van der Waals surface area (Å²) in [6.45, 7) is 12.4. The highest BCUT2D eigenvalue weighted by Gasteiger charge is 2.32. The van der Waals surface area contributed by atoms with Crippen LogP contribution in [0.1, 0.15) is 67.4 Å². The molecule has 0 unspecified atom stereocenters. The van der Waals surface area contributed by atoms with E-state index in [9.17, 15) is 4.79 Å². The lowest BCUT2D eigenvalue weighted by Gasteiger charge is -2.33. The first-order valence-electron chi connectivity index (χ1n) is 9.87. The molecule has 28 heavy (non-hydrogen) atoms. The molecule has 5 heteroatoms. The smallest absolute Gasteiger partial charge is 0.251 e. The van der Waals surface area contributed by atoms with Crippen molar-refractivity contribution in [3.8, 4) is 0 Å². The Hall–Kier alpha value is -2.69. The number of nitrogens with one attached hydrogen (secondary N) is 2. The van der Waals surface area contributed by atoms with Crippen LogP contribution >= 0.6 is 0 Å². The molecule has 1 aliphatic heterocycles. The van der Waals surface area contributed by atoms with Gasteiger partial charge in [-0.25, -0.2) is 9.97 Å². The topological polar surface area (TPSA) is 66.9 Å². The standard InChI is InChI=1S/C23H28N4O/c1-22(2,3)12-26-21-24-11-17-15(8-9-19(17)27-21)14-6-7-16-18(10-14)23(4,5)13-25-20(16)28/h6-8,10-11H,9,12-13H2,1-5H3,(H,25,28)(H,24,26,27). The van der Waals surface area contributed by atoms with Gasteiger partial charge in [-0.2, -0.15) is 0 Å². The van der Waals surface area contributed by atoms with Crippen LogP contribution in [0.5, 0.6) is 0 Å². The molecular weight excluding hydrogens is 348 g/mol. The maximum Gasteiger partial charge on any atom is 0.251 e. The van der Waals surface area contributed by atoms with E-state index in [-0.39, 0.29) is 16.7 Å². The number of hydrogen-bond donors (Lipinski definition) is 2. The first-order chi connectivity index (χ1) is 13.1. The van der Waals surface area contributed by atoms with Gasteiger partial charge in [0.05, 0.1) is 5.69 Å². The number of fused-ring (bicyclic) bond motifs is 2. The van der Waals surface area contributed by atoms with Crippen LogP contribution in [0.15, 0.2) is 30.5 Å². The van der Waals surface area contributed by atoms with Crippen LogP contribution in [0.2, 0.25) is 0 Å². The molecule has 4 rings (SSSR count). The Balaban J connectivity index is 1.64. The molecule has 0 radical (unpaired) electrons. The van der Waals surface area contributed by atoms with E-state index in [1.165, 1.54) is 0 Å². The van der Waals surface area contributed by atoms with Crippen molar-refractivity contribution >= 4 is 17.4 Å². The summed E-state index contributed by atoms with van der Waals surface area (Å²) in [5, 5.41) is 6.32. The molecule has 5 nitrogen and oxygen atoms in total. The van der Waals surface area contributed by atoms with Gasteiger partial charge in [-0.3, -0.25) is 4.79 Å². The molecule has 2 heterocycles. The Morgan fingerprint density at radius 2 is 2.00 bits per heavy atom. The van der Waals surface area contributed by atoms with Gasteiger partial charge in [-0.1, -0.05) is 46.8 Å². The molecule has 2 N–H and O–H groups in total. The van der Waals surface area contributed by atoms with Crippen molar-refractivity contribution in [3.63, 3.8) is 0 Å². The van der Waals surface area contributed by atoms with Crippen molar-refractivity contribution in [3.05, 3.63) is 58.4 Å². The Morgan fingerprint density at radius 1 is 1.21 bits per heavy atom. The molecule has 0 atom stereocenters. The maximum absolute atomic E-state index is 12.2. The number of carbonyl (C=O) groups is 1. The van der Waals surface area contributed by atoms with Crippen LogP contribution in [-0.2, 0) is 11.8 Å². The Kier molecular flexibility index (Phi) is 4.29. The van der Waals surface area contributed by atoms with Gasteiger partial charge < -0.3 is 10.6 Å². The summed E-state index contributed by atoms with van der Waals surface area (Å²) in [6.07, 6.45) is 4.94. The fraction of sp³-hybridized carbons (Fsp3) is 0.435. The first-order valence-corrected chi connectivity index (χ1v) is 9.87. The molecule has 0 fully saturated rings. The van der Waals surface area contributed by atoms with Crippen LogP contribution in [0.3, 0.4) is 0 Å². The fourth-order valence-corrected chi connectivity index (χ4v) is 3.77. The zero-order valence-electron chi connectivity index (χ0n) is 17.3. The Morgan fingerprint density at radius 3 is 2.75 bits per heavy atom. The van der Waals surface area contributed by atoms with Gasteiger partial charge in [0, 0.05) is 42.2 Å². The molecule has 2 aromatic rings. The van der Waals surface area contributed by atoms with Crippen LogP contribution in [0.4, 0.5) is 5.95 Å². The Bertz CT molecular complexity index is 983. The number of allylic oxidation sites excluding steroid dienone is 1. The van der Waals surface area contributed by atoms with Gasteiger partial charge >= 0.3 is 0 Å². The summed E-state index contributed by atoms with van der Waals surface area (Å²) in [5.74, 6) is 0.700. The van der Waals surface area contributed by atoms with Gasteiger partial charge in [0.2, 0.25) is 5.95 Å². The third kappa shape index (κ3) is 3.41. The minimum absolute atomic E-state index is 0.0135. The van der Waals surface area contributed by atoms with Crippen molar-refractivity contribution in [2.24, 2.45) is 5.41 Å². The van der Waals surface area contributed by atoms with Crippen LogP contribution in [0, 0.1) is 5.41 Å². The van der Waals surface area contributed by atoms with E-state index in [0.29, 0.717) is 12.5 Å². The molecule has 1 amide bonds. The predicted octanol–water partition coefficient (Wildman–Crippen LogP) is 3.94. The highest BCUT2D eigenvalue weighted by atomic mass is 16.1. The maximum atomic E-state index is 12.2. The number of nitrogens with zero attached hydrogens (tertiary/aromatic N) is 2. The summed E-state index contributed by atoms with van der Waals surface area (Å²) in [4.78, 5) is 21.5. The number of rotatable bonds is 3. The highest BCUT2D eigenvalue weighted by molar-refractivity contribution is 5.98. The van der Waals surface area contributed by atoms with E-state index < -0.39 is 0 Å². The van der Waals surface area contributed by atoms with Gasteiger partial charge in [0.25, 0.3) is 5.91 Å². The largest absolute Gasteiger partial charge is 0.354 e. The van der Waals surface area contributed by atoms with Crippen LogP contribution in [-0.4, -0.2) is 29.0 Å². The molecule has 0 bridgehead atoms. The number of anilines is 1. The zero-order valence-corrected chi connectivity index (χ0v) is 17.3. The van der Waals surface area contributed by atoms with E-state index in [2.05, 4.69) is 62.4 Å². The van der Waals surface area contributed by atoms with E-state index in [4.69, 9.17) is 4.98 Å². The minimum atomic E-state index is -0.0848. The van der Waals surface area contributed by atoms with Gasteiger partial charge in [0.15, 0.2) is 0 Å². The highest BCUT2D eigenvalue weighted by Crippen LogP contribution is 2.36. The number of amides is 1. The van der Waals surface area contributed by atoms with Crippen molar-refractivity contribution in [2.45, 2.75) is 46.5 Å². The molecule has 1 aliphatic carbocycles. The summed E-state index contributed by atoms with van der Waals surface area (Å²) in [6, 6.07) is 6.15. The molecular formula is C23H28N4O. The first kappa shape index (κ1) is 18.7. The Labute approximate surface area is 166 Å². The van der Waals surface area contributed by atoms with Crippen LogP contribution < -0.4 is 10.6 Å². The van der Waals surface area contributed by atoms with E-state index >= 15 is 0 Å². The molecule has 0 saturated carbocycles. The summed E-state index contributed by atoms with van der Waals surface area (Å²) in [7, 11) is 0. The van der Waals surface area contributed by atoms with Gasteiger partial charge in [-0.15, -0.1) is 0 Å². The number of aromatic nitrogens is 2. The second-order valence-corrected chi connectivity index (χ2v) is 9.62. The minimum Gasteiger partial charge on any atom is -0.354 e. The molecule has 0 spiro atoms. The lowest BCUT2D eigenvalue weighted by molar-refractivity contribution is 0.0930. The fourth-order valence-electron chi connectivity index (χ4n) is 3.77. The lowest BCUT2D eigenvalue weighted by Crippen LogP contribution is -2.43. The number of benzene rings is 1. The molecule has 1 aromatic heterocycles. The van der Waals surface area contributed by atoms with E-state index in [1.807, 2.05) is 18.3 Å². The van der Waals surface area contributed by atoms with Crippen molar-refractivity contribution < 1.29 is 4.79 Å². The monoisotopic (exact) mass is 376 g/mol. The second-order valence-electron chi connectivity index (χ2n) is 9.62. The number of carbonyl (C=O) groups excluding carboxylic acids is 1. The zero-order chi connectivity index (χ0) is 20.1.